The SMILES string of the molecule is C=CCOC(=O)NC1CCc2c(C(=O)O)n[nH]c2C1. The molecule has 1 aromatic rings. The molecule has 1 heterocycles. The van der Waals surface area contributed by atoms with Crippen LogP contribution in [0.4, 0.5) is 4.79 Å². The van der Waals surface area contributed by atoms with Crippen LogP contribution in [0, 0.1) is 0 Å². The normalized spacial score (nSPS) is 17.4. The molecule has 0 saturated carbocycles. The number of amides is 1. The fourth-order valence-electron chi connectivity index (χ4n) is 2.15. The van der Waals surface area contributed by atoms with Crippen LogP contribution in [-0.4, -0.2) is 40.0 Å². The highest BCUT2D eigenvalue weighted by Gasteiger charge is 2.27. The summed E-state index contributed by atoms with van der Waals surface area (Å²) < 4.78 is 4.84. The van der Waals surface area contributed by atoms with E-state index in [-0.39, 0.29) is 18.3 Å². The van der Waals surface area contributed by atoms with E-state index in [1.54, 1.807) is 0 Å². The molecule has 19 heavy (non-hydrogen) atoms. The van der Waals surface area contributed by atoms with Crippen molar-refractivity contribution < 1.29 is 19.4 Å². The number of carbonyl (C=O) groups is 2. The number of fused-ring (bicyclic) bond motifs is 1. The molecule has 0 bridgehead atoms. The Morgan fingerprint density at radius 1 is 1.63 bits per heavy atom. The third-order valence-corrected chi connectivity index (χ3v) is 3.00. The summed E-state index contributed by atoms with van der Waals surface area (Å²) in [5, 5.41) is 18.2. The number of aromatic nitrogens is 2. The van der Waals surface area contributed by atoms with Crippen molar-refractivity contribution in [2.75, 3.05) is 6.61 Å². The van der Waals surface area contributed by atoms with Crippen LogP contribution >= 0.6 is 0 Å². The van der Waals surface area contributed by atoms with Gasteiger partial charge in [0, 0.05) is 23.7 Å². The van der Waals surface area contributed by atoms with Crippen LogP contribution < -0.4 is 5.32 Å². The Morgan fingerprint density at radius 2 is 2.42 bits per heavy atom. The van der Waals surface area contributed by atoms with Crippen molar-refractivity contribution in [1.29, 1.82) is 0 Å². The number of ether oxygens (including phenoxy) is 1. The molecule has 1 aromatic heterocycles. The van der Waals surface area contributed by atoms with Crippen LogP contribution in [0.15, 0.2) is 12.7 Å². The van der Waals surface area contributed by atoms with Crippen LogP contribution in [0.2, 0.25) is 0 Å². The van der Waals surface area contributed by atoms with Crippen molar-refractivity contribution in [3.63, 3.8) is 0 Å². The molecule has 3 N–H and O–H groups in total. The van der Waals surface area contributed by atoms with E-state index in [0.29, 0.717) is 19.3 Å². The number of H-pyrrole nitrogens is 1. The summed E-state index contributed by atoms with van der Waals surface area (Å²) in [6.45, 7) is 3.62. The average Bonchev–Trinajstić information content (AvgIpc) is 2.79. The number of carboxylic acids is 1. The third-order valence-electron chi connectivity index (χ3n) is 3.00. The summed E-state index contributed by atoms with van der Waals surface area (Å²) >= 11 is 0. The lowest BCUT2D eigenvalue weighted by atomic mass is 9.92. The first-order chi connectivity index (χ1) is 9.11. The van der Waals surface area contributed by atoms with Crippen LogP contribution in [0.25, 0.3) is 0 Å². The van der Waals surface area contributed by atoms with Gasteiger partial charge in [-0.05, 0) is 12.8 Å². The fourth-order valence-corrected chi connectivity index (χ4v) is 2.15. The number of aromatic amines is 1. The molecule has 7 nitrogen and oxygen atoms in total. The second kappa shape index (κ2) is 5.55. The number of nitrogens with one attached hydrogen (secondary N) is 2. The van der Waals surface area contributed by atoms with Crippen molar-refractivity contribution in [2.45, 2.75) is 25.3 Å². The zero-order chi connectivity index (χ0) is 13.8. The number of carboxylic acid groups (broad SMARTS) is 1. The molecule has 1 atom stereocenters. The third kappa shape index (κ3) is 2.93. The van der Waals surface area contributed by atoms with Gasteiger partial charge in [-0.3, -0.25) is 5.10 Å². The van der Waals surface area contributed by atoms with Crippen molar-refractivity contribution in [3.05, 3.63) is 29.6 Å². The Balaban J connectivity index is 1.97. The second-order valence-electron chi connectivity index (χ2n) is 4.31. The molecule has 7 heteroatoms. The van der Waals surface area contributed by atoms with Gasteiger partial charge in [-0.1, -0.05) is 12.7 Å². The Hall–Kier alpha value is -2.31. The zero-order valence-electron chi connectivity index (χ0n) is 10.3. The maximum Gasteiger partial charge on any atom is 0.407 e. The van der Waals surface area contributed by atoms with Crippen LogP contribution in [0.1, 0.15) is 28.2 Å². The van der Waals surface area contributed by atoms with E-state index in [1.165, 1.54) is 6.08 Å². The minimum Gasteiger partial charge on any atom is -0.476 e. The Morgan fingerprint density at radius 3 is 3.11 bits per heavy atom. The lowest BCUT2D eigenvalue weighted by Gasteiger charge is -2.22. The minimum absolute atomic E-state index is 0.0719. The Labute approximate surface area is 109 Å². The van der Waals surface area contributed by atoms with Crippen molar-refractivity contribution >= 4 is 12.1 Å². The topological polar surface area (TPSA) is 104 Å². The van der Waals surface area contributed by atoms with Gasteiger partial charge >= 0.3 is 12.1 Å². The predicted molar refractivity (Wildman–Crippen MR) is 66.0 cm³/mol. The van der Waals surface area contributed by atoms with Gasteiger partial charge in [-0.15, -0.1) is 0 Å². The number of alkyl carbamates (subject to hydrolysis) is 1. The first-order valence-corrected chi connectivity index (χ1v) is 5.95. The lowest BCUT2D eigenvalue weighted by molar-refractivity contribution is 0.0688. The molecule has 1 amide bonds. The first kappa shape index (κ1) is 13.1. The number of rotatable bonds is 4. The van der Waals surface area contributed by atoms with Gasteiger partial charge < -0.3 is 15.2 Å². The van der Waals surface area contributed by atoms with Gasteiger partial charge in [0.1, 0.15) is 6.61 Å². The number of aromatic carboxylic acids is 1. The standard InChI is InChI=1S/C12H15N3O4/c1-2-5-19-12(18)13-7-3-4-8-9(6-7)14-15-10(8)11(16)17/h2,7H,1,3-6H2,(H,13,18)(H,14,15)(H,16,17). The first-order valence-electron chi connectivity index (χ1n) is 5.95. The number of hydrogen-bond donors (Lipinski definition) is 3. The van der Waals surface area contributed by atoms with Crippen molar-refractivity contribution in [2.24, 2.45) is 0 Å². The summed E-state index contributed by atoms with van der Waals surface area (Å²) in [5.74, 6) is -1.03. The van der Waals surface area contributed by atoms with Crippen LogP contribution in [-0.2, 0) is 17.6 Å². The molecule has 0 aliphatic heterocycles. The molecule has 0 radical (unpaired) electrons. The monoisotopic (exact) mass is 265 g/mol. The van der Waals surface area contributed by atoms with E-state index < -0.39 is 12.1 Å². The molecule has 1 aliphatic carbocycles. The minimum atomic E-state index is -1.03. The van der Waals surface area contributed by atoms with E-state index in [4.69, 9.17) is 9.84 Å². The van der Waals surface area contributed by atoms with E-state index >= 15 is 0 Å². The maximum atomic E-state index is 11.4. The molecule has 102 valence electrons. The summed E-state index contributed by atoms with van der Waals surface area (Å²) in [5.41, 5.74) is 1.56. The molecule has 0 saturated heterocycles. The van der Waals surface area contributed by atoms with E-state index in [0.717, 1.165) is 11.3 Å². The fraction of sp³-hybridized carbons (Fsp3) is 0.417. The van der Waals surface area contributed by atoms with E-state index in [9.17, 15) is 9.59 Å². The van der Waals surface area contributed by atoms with Crippen molar-refractivity contribution in [3.8, 4) is 0 Å². The van der Waals surface area contributed by atoms with Gasteiger partial charge in [-0.25, -0.2) is 9.59 Å². The van der Waals surface area contributed by atoms with E-state index in [2.05, 4.69) is 22.1 Å². The molecule has 1 unspecified atom stereocenters. The molecule has 0 fully saturated rings. The molecule has 1 aliphatic rings. The Kier molecular flexibility index (Phi) is 3.84. The highest BCUT2D eigenvalue weighted by molar-refractivity contribution is 5.87. The molecule has 0 spiro atoms. The largest absolute Gasteiger partial charge is 0.476 e. The highest BCUT2D eigenvalue weighted by atomic mass is 16.5. The van der Waals surface area contributed by atoms with Crippen LogP contribution in [0.5, 0.6) is 0 Å². The van der Waals surface area contributed by atoms with Gasteiger partial charge in [0.05, 0.1) is 0 Å². The number of nitrogens with zero attached hydrogens (tertiary/aromatic N) is 1. The summed E-state index contributed by atoms with van der Waals surface area (Å²) in [4.78, 5) is 22.3. The number of carbonyl (C=O) groups excluding carboxylic acids is 1. The summed E-state index contributed by atoms with van der Waals surface area (Å²) in [6.07, 6.45) is 2.76. The zero-order valence-corrected chi connectivity index (χ0v) is 10.3. The van der Waals surface area contributed by atoms with Gasteiger partial charge in [0.2, 0.25) is 0 Å². The average molecular weight is 265 g/mol. The summed E-state index contributed by atoms with van der Waals surface area (Å²) in [7, 11) is 0. The number of hydrogen-bond acceptors (Lipinski definition) is 4. The highest BCUT2D eigenvalue weighted by Crippen LogP contribution is 2.22. The second-order valence-corrected chi connectivity index (χ2v) is 4.31. The van der Waals surface area contributed by atoms with E-state index in [1.807, 2.05) is 0 Å². The molecule has 0 aromatic carbocycles. The lowest BCUT2D eigenvalue weighted by Crippen LogP contribution is -2.39. The van der Waals surface area contributed by atoms with Gasteiger partial charge in [0.25, 0.3) is 0 Å². The summed E-state index contributed by atoms with van der Waals surface area (Å²) in [6, 6.07) is -0.0769. The van der Waals surface area contributed by atoms with Crippen LogP contribution in [0.3, 0.4) is 0 Å². The quantitative estimate of drug-likeness (QED) is 0.701. The van der Waals surface area contributed by atoms with Gasteiger partial charge in [-0.2, -0.15) is 5.10 Å². The maximum absolute atomic E-state index is 11.4. The smallest absolute Gasteiger partial charge is 0.407 e. The Bertz CT molecular complexity index is 509. The van der Waals surface area contributed by atoms with Gasteiger partial charge in [0.15, 0.2) is 5.69 Å². The molecular weight excluding hydrogens is 250 g/mol. The molecule has 2 rings (SSSR count). The molecular formula is C12H15N3O4. The predicted octanol–water partition coefficient (Wildman–Crippen LogP) is 0.877. The van der Waals surface area contributed by atoms with Crippen molar-refractivity contribution in [1.82, 2.24) is 15.5 Å².